The van der Waals surface area contributed by atoms with Crippen molar-refractivity contribution in [2.45, 2.75) is 30.0 Å². The maximum Gasteiger partial charge on any atom is 0.322 e. The molecule has 2 atom stereocenters. The number of hydrogen-bond donors (Lipinski definition) is 2. The zero-order valence-corrected chi connectivity index (χ0v) is 10.1. The normalized spacial score (nSPS) is 29.2. The first-order valence-corrected chi connectivity index (χ1v) is 6.32. The third-order valence-electron chi connectivity index (χ3n) is 2.39. The smallest absolute Gasteiger partial charge is 0.322 e. The highest BCUT2D eigenvalue weighted by Crippen LogP contribution is 2.46. The number of rotatable bonds is 2. The standard InChI is InChI=1S/C9H12N2O2S2/c1-9(2)6(8(12)13)11-7(15-9)5-3-10-4-14-5/h3-4,6-7,11H,1-2H3,(H,12,13). The van der Waals surface area contributed by atoms with E-state index in [4.69, 9.17) is 5.11 Å². The molecule has 2 heterocycles. The summed E-state index contributed by atoms with van der Waals surface area (Å²) >= 11 is 3.19. The van der Waals surface area contributed by atoms with E-state index < -0.39 is 12.0 Å². The van der Waals surface area contributed by atoms with Gasteiger partial charge in [0.25, 0.3) is 0 Å². The number of carbonyl (C=O) groups is 1. The van der Waals surface area contributed by atoms with Crippen LogP contribution in [0.1, 0.15) is 24.1 Å². The summed E-state index contributed by atoms with van der Waals surface area (Å²) in [6, 6.07) is -0.505. The number of carboxylic acids is 1. The van der Waals surface area contributed by atoms with Gasteiger partial charge in [0, 0.05) is 10.9 Å². The largest absolute Gasteiger partial charge is 0.480 e. The van der Waals surface area contributed by atoms with Crippen LogP contribution in [0.25, 0.3) is 0 Å². The molecule has 4 nitrogen and oxygen atoms in total. The topological polar surface area (TPSA) is 62.2 Å². The van der Waals surface area contributed by atoms with E-state index in [1.807, 2.05) is 13.8 Å². The lowest BCUT2D eigenvalue weighted by molar-refractivity contribution is -0.139. The fourth-order valence-corrected chi connectivity index (χ4v) is 3.78. The van der Waals surface area contributed by atoms with Gasteiger partial charge < -0.3 is 5.11 Å². The average Bonchev–Trinajstić information content (AvgIpc) is 2.69. The third-order valence-corrected chi connectivity index (χ3v) is 4.85. The molecule has 0 aliphatic carbocycles. The van der Waals surface area contributed by atoms with Crippen LogP contribution >= 0.6 is 23.1 Å². The lowest BCUT2D eigenvalue weighted by Gasteiger charge is -2.20. The highest BCUT2D eigenvalue weighted by Gasteiger charge is 2.45. The van der Waals surface area contributed by atoms with Crippen molar-refractivity contribution in [1.29, 1.82) is 0 Å². The van der Waals surface area contributed by atoms with Crippen LogP contribution in [0.5, 0.6) is 0 Å². The van der Waals surface area contributed by atoms with E-state index in [1.165, 1.54) is 0 Å². The second-order valence-corrected chi connectivity index (χ2v) is 6.62. The van der Waals surface area contributed by atoms with E-state index in [9.17, 15) is 4.79 Å². The van der Waals surface area contributed by atoms with Crippen LogP contribution in [-0.2, 0) is 4.79 Å². The van der Waals surface area contributed by atoms with Crippen molar-refractivity contribution in [3.8, 4) is 0 Å². The minimum atomic E-state index is -0.792. The van der Waals surface area contributed by atoms with Crippen molar-refractivity contribution in [2.24, 2.45) is 0 Å². The first kappa shape index (κ1) is 10.9. The summed E-state index contributed by atoms with van der Waals surface area (Å²) in [6.45, 7) is 3.90. The van der Waals surface area contributed by atoms with Gasteiger partial charge in [-0.2, -0.15) is 0 Å². The Morgan fingerprint density at radius 3 is 2.87 bits per heavy atom. The quantitative estimate of drug-likeness (QED) is 0.829. The molecule has 2 N–H and O–H groups in total. The number of nitrogens with zero attached hydrogens (tertiary/aromatic N) is 1. The SMILES string of the molecule is CC1(C)SC(c2cncs2)NC1C(=O)O. The van der Waals surface area contributed by atoms with Crippen molar-refractivity contribution in [3.05, 3.63) is 16.6 Å². The van der Waals surface area contributed by atoms with Crippen molar-refractivity contribution < 1.29 is 9.90 Å². The van der Waals surface area contributed by atoms with Gasteiger partial charge >= 0.3 is 5.97 Å². The Balaban J connectivity index is 2.19. The Morgan fingerprint density at radius 2 is 2.40 bits per heavy atom. The Labute approximate surface area is 96.1 Å². The number of thiazole rings is 1. The summed E-state index contributed by atoms with van der Waals surface area (Å²) in [5.41, 5.74) is 1.76. The van der Waals surface area contributed by atoms with Crippen molar-refractivity contribution >= 4 is 29.1 Å². The zero-order valence-electron chi connectivity index (χ0n) is 8.43. The summed E-state index contributed by atoms with van der Waals surface area (Å²) in [4.78, 5) is 16.1. The number of thioether (sulfide) groups is 1. The van der Waals surface area contributed by atoms with Crippen LogP contribution in [0.4, 0.5) is 0 Å². The minimum absolute atomic E-state index is 0.0496. The number of aromatic nitrogens is 1. The van der Waals surface area contributed by atoms with Crippen molar-refractivity contribution in [2.75, 3.05) is 0 Å². The molecule has 1 aliphatic rings. The van der Waals surface area contributed by atoms with Gasteiger partial charge in [-0.15, -0.1) is 23.1 Å². The molecular weight excluding hydrogens is 232 g/mol. The predicted octanol–water partition coefficient (Wildman–Crippen LogP) is 1.71. The predicted molar refractivity (Wildman–Crippen MR) is 61.1 cm³/mol. The molecule has 6 heteroatoms. The molecule has 1 aliphatic heterocycles. The van der Waals surface area contributed by atoms with Gasteiger partial charge in [-0.25, -0.2) is 0 Å². The van der Waals surface area contributed by atoms with Crippen LogP contribution < -0.4 is 5.32 Å². The molecule has 2 unspecified atom stereocenters. The van der Waals surface area contributed by atoms with E-state index >= 15 is 0 Å². The minimum Gasteiger partial charge on any atom is -0.480 e. The molecule has 1 aromatic heterocycles. The highest BCUT2D eigenvalue weighted by molar-refractivity contribution is 8.01. The molecule has 0 amide bonds. The van der Waals surface area contributed by atoms with Gasteiger partial charge in [0.1, 0.15) is 6.04 Å². The molecular formula is C9H12N2O2S2. The number of nitrogens with one attached hydrogen (secondary N) is 1. The molecule has 0 bridgehead atoms. The van der Waals surface area contributed by atoms with E-state index in [0.717, 1.165) is 4.88 Å². The number of carboxylic acid groups (broad SMARTS) is 1. The van der Waals surface area contributed by atoms with Gasteiger partial charge in [-0.1, -0.05) is 0 Å². The third kappa shape index (κ3) is 2.02. The van der Waals surface area contributed by atoms with Crippen LogP contribution in [-0.4, -0.2) is 26.8 Å². The van der Waals surface area contributed by atoms with Crippen molar-refractivity contribution in [1.82, 2.24) is 10.3 Å². The first-order valence-electron chi connectivity index (χ1n) is 4.56. The summed E-state index contributed by atoms with van der Waals surface area (Å²) in [6.07, 6.45) is 1.79. The van der Waals surface area contributed by atoms with Crippen LogP contribution in [0, 0.1) is 0 Å². The second-order valence-electron chi connectivity index (χ2n) is 3.94. The Hall–Kier alpha value is -0.590. The zero-order chi connectivity index (χ0) is 11.1. The van der Waals surface area contributed by atoms with Gasteiger partial charge in [-0.05, 0) is 13.8 Å². The summed E-state index contributed by atoms with van der Waals surface area (Å²) in [7, 11) is 0. The monoisotopic (exact) mass is 244 g/mol. The number of aliphatic carboxylic acids is 1. The maximum absolute atomic E-state index is 11.0. The van der Waals surface area contributed by atoms with E-state index in [1.54, 1.807) is 34.8 Å². The van der Waals surface area contributed by atoms with Crippen LogP contribution in [0.3, 0.4) is 0 Å². The fraction of sp³-hybridized carbons (Fsp3) is 0.556. The Kier molecular flexibility index (Phi) is 2.74. The van der Waals surface area contributed by atoms with Crippen LogP contribution in [0.15, 0.2) is 11.7 Å². The molecule has 15 heavy (non-hydrogen) atoms. The van der Waals surface area contributed by atoms with Gasteiger partial charge in [-0.3, -0.25) is 15.1 Å². The van der Waals surface area contributed by atoms with Crippen LogP contribution in [0.2, 0.25) is 0 Å². The molecule has 0 radical (unpaired) electrons. The summed E-state index contributed by atoms with van der Waals surface area (Å²) in [5, 5.41) is 12.2. The Bertz CT molecular complexity index is 364. The first-order chi connectivity index (χ1) is 7.00. The van der Waals surface area contributed by atoms with Gasteiger partial charge in [0.2, 0.25) is 0 Å². The van der Waals surface area contributed by atoms with E-state index in [-0.39, 0.29) is 10.1 Å². The summed E-state index contributed by atoms with van der Waals surface area (Å²) < 4.78 is -0.291. The molecule has 0 saturated carbocycles. The molecule has 82 valence electrons. The Morgan fingerprint density at radius 1 is 1.67 bits per heavy atom. The average molecular weight is 244 g/mol. The molecule has 0 spiro atoms. The fourth-order valence-electron chi connectivity index (χ4n) is 1.62. The van der Waals surface area contributed by atoms with E-state index in [0.29, 0.717) is 0 Å². The second kappa shape index (κ2) is 3.77. The number of hydrogen-bond acceptors (Lipinski definition) is 5. The van der Waals surface area contributed by atoms with E-state index in [2.05, 4.69) is 10.3 Å². The lowest BCUT2D eigenvalue weighted by Crippen LogP contribution is -2.43. The highest BCUT2D eigenvalue weighted by atomic mass is 32.2. The van der Waals surface area contributed by atoms with Gasteiger partial charge in [0.05, 0.1) is 15.8 Å². The maximum atomic E-state index is 11.0. The summed E-state index contributed by atoms with van der Waals surface area (Å²) in [5.74, 6) is -0.792. The van der Waals surface area contributed by atoms with Crippen molar-refractivity contribution in [3.63, 3.8) is 0 Å². The molecule has 0 aromatic carbocycles. The molecule has 2 rings (SSSR count). The molecule has 1 aromatic rings. The molecule has 1 fully saturated rings. The molecule has 1 saturated heterocycles. The van der Waals surface area contributed by atoms with Gasteiger partial charge in [0.15, 0.2) is 0 Å². The lowest BCUT2D eigenvalue weighted by atomic mass is 10.0.